The summed E-state index contributed by atoms with van der Waals surface area (Å²) in [6.07, 6.45) is 1.16. The summed E-state index contributed by atoms with van der Waals surface area (Å²) in [5.41, 5.74) is 1.74. The molecule has 0 radical (unpaired) electrons. The molecule has 2 rings (SSSR count). The molecule has 19 heavy (non-hydrogen) atoms. The van der Waals surface area contributed by atoms with Gasteiger partial charge >= 0.3 is 0 Å². The number of hydrogen-bond acceptors (Lipinski definition) is 3. The summed E-state index contributed by atoms with van der Waals surface area (Å²) in [4.78, 5) is 3.98. The van der Waals surface area contributed by atoms with Crippen LogP contribution in [0, 0.1) is 5.82 Å². The Balaban J connectivity index is 2.08. The van der Waals surface area contributed by atoms with Gasteiger partial charge in [-0.05, 0) is 30.8 Å². The van der Waals surface area contributed by atoms with Crippen molar-refractivity contribution < 1.29 is 9.13 Å². The van der Waals surface area contributed by atoms with Crippen LogP contribution >= 0.6 is 15.9 Å². The lowest BCUT2D eigenvalue weighted by atomic mass is 10.2. The van der Waals surface area contributed by atoms with Crippen LogP contribution in [0.5, 0.6) is 5.88 Å². The summed E-state index contributed by atoms with van der Waals surface area (Å²) in [5.74, 6) is 0.0971. The molecule has 0 aliphatic rings. The number of nitrogens with one attached hydrogen (secondary N) is 1. The van der Waals surface area contributed by atoms with Crippen molar-refractivity contribution in [2.45, 2.75) is 13.2 Å². The number of benzene rings is 1. The molecule has 0 unspecified atom stereocenters. The fourth-order valence-corrected chi connectivity index (χ4v) is 1.91. The first-order valence-corrected chi connectivity index (χ1v) is 6.64. The van der Waals surface area contributed by atoms with E-state index in [4.69, 9.17) is 4.74 Å². The van der Waals surface area contributed by atoms with E-state index < -0.39 is 0 Å². The molecule has 0 spiro atoms. The molecule has 1 aromatic carbocycles. The van der Waals surface area contributed by atoms with Gasteiger partial charge in [0.1, 0.15) is 12.4 Å². The Hall–Kier alpha value is -1.46. The van der Waals surface area contributed by atoms with Crippen molar-refractivity contribution >= 4 is 15.9 Å². The van der Waals surface area contributed by atoms with Gasteiger partial charge in [-0.1, -0.05) is 28.1 Å². The summed E-state index contributed by atoms with van der Waals surface area (Å²) >= 11 is 3.38. The van der Waals surface area contributed by atoms with Gasteiger partial charge < -0.3 is 10.1 Å². The fraction of sp³-hybridized carbons (Fsp3) is 0.214. The van der Waals surface area contributed by atoms with E-state index in [0.717, 1.165) is 16.2 Å². The van der Waals surface area contributed by atoms with E-state index in [1.165, 1.54) is 6.07 Å². The molecule has 0 atom stereocenters. The van der Waals surface area contributed by atoms with Crippen LogP contribution in [0.2, 0.25) is 0 Å². The SMILES string of the molecule is CNCc1cc(F)cnc1OCc1ccc(Br)cc1. The maximum atomic E-state index is 13.1. The van der Waals surface area contributed by atoms with Crippen LogP contribution in [0.4, 0.5) is 4.39 Å². The summed E-state index contributed by atoms with van der Waals surface area (Å²) in [6.45, 7) is 0.920. The zero-order valence-corrected chi connectivity index (χ0v) is 12.1. The number of rotatable bonds is 5. The molecule has 3 nitrogen and oxygen atoms in total. The maximum absolute atomic E-state index is 13.1. The second-order valence-corrected chi connectivity index (χ2v) is 4.98. The number of hydrogen-bond donors (Lipinski definition) is 1. The Bertz CT molecular complexity index is 546. The molecule has 1 heterocycles. The average Bonchev–Trinajstić information content (AvgIpc) is 2.40. The predicted molar refractivity (Wildman–Crippen MR) is 75.4 cm³/mol. The summed E-state index contributed by atoms with van der Waals surface area (Å²) < 4.78 is 19.8. The molecule has 0 saturated heterocycles. The average molecular weight is 325 g/mol. The molecule has 1 aromatic heterocycles. The molecule has 0 bridgehead atoms. The van der Waals surface area contributed by atoms with Crippen LogP contribution in [0.3, 0.4) is 0 Å². The lowest BCUT2D eigenvalue weighted by Crippen LogP contribution is -2.09. The van der Waals surface area contributed by atoms with Gasteiger partial charge in [0, 0.05) is 16.6 Å². The lowest BCUT2D eigenvalue weighted by Gasteiger charge is -2.10. The number of aromatic nitrogens is 1. The third-order valence-electron chi connectivity index (χ3n) is 2.55. The molecule has 0 amide bonds. The summed E-state index contributed by atoms with van der Waals surface area (Å²) in [5, 5.41) is 2.96. The van der Waals surface area contributed by atoms with E-state index in [1.807, 2.05) is 24.3 Å². The summed E-state index contributed by atoms with van der Waals surface area (Å²) in [7, 11) is 1.80. The van der Waals surface area contributed by atoms with Gasteiger partial charge in [-0.15, -0.1) is 0 Å². The van der Waals surface area contributed by atoms with Gasteiger partial charge in [-0.2, -0.15) is 0 Å². The van der Waals surface area contributed by atoms with Gasteiger partial charge in [0.05, 0.1) is 6.20 Å². The minimum atomic E-state index is -0.360. The first kappa shape index (κ1) is 14.0. The van der Waals surface area contributed by atoms with Gasteiger partial charge in [-0.3, -0.25) is 0 Å². The van der Waals surface area contributed by atoms with Crippen LogP contribution in [0.25, 0.3) is 0 Å². The molecular weight excluding hydrogens is 311 g/mol. The highest BCUT2D eigenvalue weighted by Crippen LogP contribution is 2.18. The quantitative estimate of drug-likeness (QED) is 0.916. The van der Waals surface area contributed by atoms with E-state index in [9.17, 15) is 4.39 Å². The van der Waals surface area contributed by atoms with Crippen LogP contribution in [0.15, 0.2) is 41.0 Å². The van der Waals surface area contributed by atoms with E-state index >= 15 is 0 Å². The second-order valence-electron chi connectivity index (χ2n) is 4.06. The standard InChI is InChI=1S/C14H14BrFN2O/c1-17-7-11-6-13(16)8-18-14(11)19-9-10-2-4-12(15)5-3-10/h2-6,8,17H,7,9H2,1H3. The maximum Gasteiger partial charge on any atom is 0.218 e. The summed E-state index contributed by atoms with van der Waals surface area (Å²) in [6, 6.07) is 9.26. The number of ether oxygens (including phenoxy) is 1. The third-order valence-corrected chi connectivity index (χ3v) is 3.08. The first-order valence-electron chi connectivity index (χ1n) is 5.85. The molecular formula is C14H14BrFN2O. The van der Waals surface area contributed by atoms with E-state index in [0.29, 0.717) is 24.6 Å². The van der Waals surface area contributed by atoms with Crippen LogP contribution < -0.4 is 10.1 Å². The van der Waals surface area contributed by atoms with Crippen molar-refractivity contribution in [3.05, 3.63) is 57.9 Å². The Kier molecular flexibility index (Phi) is 4.87. The van der Waals surface area contributed by atoms with E-state index in [2.05, 4.69) is 26.2 Å². The Morgan fingerprint density at radius 1 is 1.32 bits per heavy atom. The molecule has 5 heteroatoms. The Morgan fingerprint density at radius 3 is 2.74 bits per heavy atom. The molecule has 1 N–H and O–H groups in total. The molecule has 0 saturated carbocycles. The highest BCUT2D eigenvalue weighted by atomic mass is 79.9. The minimum absolute atomic E-state index is 0.360. The minimum Gasteiger partial charge on any atom is -0.473 e. The fourth-order valence-electron chi connectivity index (χ4n) is 1.65. The molecule has 0 fully saturated rings. The van der Waals surface area contributed by atoms with Crippen molar-refractivity contribution in [3.63, 3.8) is 0 Å². The Labute approximate surface area is 119 Å². The molecule has 0 aliphatic heterocycles. The largest absolute Gasteiger partial charge is 0.473 e. The zero-order valence-electron chi connectivity index (χ0n) is 10.5. The van der Waals surface area contributed by atoms with Gasteiger partial charge in [0.2, 0.25) is 5.88 Å². The monoisotopic (exact) mass is 324 g/mol. The lowest BCUT2D eigenvalue weighted by molar-refractivity contribution is 0.289. The van der Waals surface area contributed by atoms with Gasteiger partial charge in [-0.25, -0.2) is 9.37 Å². The van der Waals surface area contributed by atoms with Crippen LogP contribution in [-0.4, -0.2) is 12.0 Å². The van der Waals surface area contributed by atoms with Crippen molar-refractivity contribution in [2.24, 2.45) is 0 Å². The van der Waals surface area contributed by atoms with Crippen molar-refractivity contribution in [1.82, 2.24) is 10.3 Å². The number of halogens is 2. The highest BCUT2D eigenvalue weighted by Gasteiger charge is 2.07. The molecule has 0 aliphatic carbocycles. The van der Waals surface area contributed by atoms with E-state index in [-0.39, 0.29) is 5.82 Å². The predicted octanol–water partition coefficient (Wildman–Crippen LogP) is 3.28. The van der Waals surface area contributed by atoms with Gasteiger partial charge in [0.15, 0.2) is 0 Å². The Morgan fingerprint density at radius 2 is 2.05 bits per heavy atom. The normalized spacial score (nSPS) is 10.5. The smallest absolute Gasteiger partial charge is 0.218 e. The zero-order chi connectivity index (χ0) is 13.7. The topological polar surface area (TPSA) is 34.2 Å². The van der Waals surface area contributed by atoms with Gasteiger partial charge in [0.25, 0.3) is 0 Å². The number of nitrogens with zero attached hydrogens (tertiary/aromatic N) is 1. The third kappa shape index (κ3) is 4.01. The second kappa shape index (κ2) is 6.63. The van der Waals surface area contributed by atoms with Crippen LogP contribution in [0.1, 0.15) is 11.1 Å². The van der Waals surface area contributed by atoms with Crippen molar-refractivity contribution in [1.29, 1.82) is 0 Å². The highest BCUT2D eigenvalue weighted by molar-refractivity contribution is 9.10. The molecule has 2 aromatic rings. The van der Waals surface area contributed by atoms with Crippen LogP contribution in [-0.2, 0) is 13.2 Å². The first-order chi connectivity index (χ1) is 9.19. The number of pyridine rings is 1. The van der Waals surface area contributed by atoms with E-state index in [1.54, 1.807) is 7.05 Å². The van der Waals surface area contributed by atoms with Crippen molar-refractivity contribution in [3.8, 4) is 5.88 Å². The molecule has 100 valence electrons. The van der Waals surface area contributed by atoms with Crippen molar-refractivity contribution in [2.75, 3.05) is 7.05 Å².